The number of hydrogen-bond acceptors (Lipinski definition) is 2. The molecule has 0 spiro atoms. The molecule has 0 unspecified atom stereocenters. The number of amides is 1. The van der Waals surface area contributed by atoms with Crippen molar-refractivity contribution in [3.63, 3.8) is 0 Å². The molecule has 0 radical (unpaired) electrons. The quantitative estimate of drug-likeness (QED) is 0.595. The summed E-state index contributed by atoms with van der Waals surface area (Å²) in [4.78, 5) is 12.7. The van der Waals surface area contributed by atoms with Crippen molar-refractivity contribution >= 4 is 33.0 Å². The van der Waals surface area contributed by atoms with E-state index in [1.807, 2.05) is 0 Å². The molecule has 1 aromatic heterocycles. The van der Waals surface area contributed by atoms with Crippen LogP contribution in [0.15, 0.2) is 42.5 Å². The Labute approximate surface area is 138 Å². The predicted octanol–water partition coefficient (Wildman–Crippen LogP) is 5.62. The monoisotopic (exact) mass is 353 g/mol. The Morgan fingerprint density at radius 3 is 2.33 bits per heavy atom. The van der Waals surface area contributed by atoms with Gasteiger partial charge in [0.25, 0.3) is 5.91 Å². The highest BCUT2D eigenvalue weighted by Gasteiger charge is 2.30. The molecule has 0 saturated heterocycles. The fraction of sp³-hybridized carbons (Fsp3) is 0.118. The normalized spacial score (nSPS) is 11.7. The molecule has 0 bridgehead atoms. The molecule has 1 N–H and O–H groups in total. The van der Waals surface area contributed by atoms with E-state index < -0.39 is 23.5 Å². The molecule has 3 rings (SSSR count). The van der Waals surface area contributed by atoms with Gasteiger partial charge in [0.2, 0.25) is 0 Å². The van der Waals surface area contributed by atoms with E-state index in [-0.39, 0.29) is 5.69 Å². The van der Waals surface area contributed by atoms with Crippen molar-refractivity contribution in [1.82, 2.24) is 0 Å². The zero-order valence-corrected chi connectivity index (χ0v) is 13.2. The van der Waals surface area contributed by atoms with Crippen molar-refractivity contribution in [2.75, 3.05) is 5.32 Å². The standard InChI is InChI=1S/C17H11F4NOS/c1-9-14-12(18)3-2-4-13(14)24-15(9)16(23)22-11-7-5-10(6-8-11)17(19,20)21/h2-8H,1H3,(H,22,23). The Balaban J connectivity index is 1.88. The van der Waals surface area contributed by atoms with Crippen LogP contribution in [0.4, 0.5) is 23.2 Å². The fourth-order valence-corrected chi connectivity index (χ4v) is 3.52. The van der Waals surface area contributed by atoms with Crippen LogP contribution in [0.2, 0.25) is 0 Å². The van der Waals surface area contributed by atoms with Crippen LogP contribution < -0.4 is 5.32 Å². The molecule has 0 aliphatic carbocycles. The topological polar surface area (TPSA) is 29.1 Å². The Morgan fingerprint density at radius 1 is 1.08 bits per heavy atom. The number of aryl methyl sites for hydroxylation is 1. The van der Waals surface area contributed by atoms with E-state index in [1.165, 1.54) is 18.2 Å². The first-order chi connectivity index (χ1) is 11.3. The van der Waals surface area contributed by atoms with Gasteiger partial charge < -0.3 is 5.32 Å². The molecule has 124 valence electrons. The number of hydrogen-bond donors (Lipinski definition) is 1. The average molecular weight is 353 g/mol. The summed E-state index contributed by atoms with van der Waals surface area (Å²) >= 11 is 1.14. The number of anilines is 1. The van der Waals surface area contributed by atoms with Crippen LogP contribution in [0, 0.1) is 12.7 Å². The molecule has 0 saturated carbocycles. The maximum atomic E-state index is 13.9. The van der Waals surface area contributed by atoms with E-state index in [4.69, 9.17) is 0 Å². The summed E-state index contributed by atoms with van der Waals surface area (Å²) in [7, 11) is 0. The summed E-state index contributed by atoms with van der Waals surface area (Å²) in [6.45, 7) is 1.64. The fourth-order valence-electron chi connectivity index (χ4n) is 2.40. The molecule has 24 heavy (non-hydrogen) atoms. The van der Waals surface area contributed by atoms with E-state index in [0.29, 0.717) is 20.5 Å². The summed E-state index contributed by atoms with van der Waals surface area (Å²) in [5.41, 5.74) is -0.0385. The first-order valence-electron chi connectivity index (χ1n) is 6.93. The highest BCUT2D eigenvalue weighted by molar-refractivity contribution is 7.21. The summed E-state index contributed by atoms with van der Waals surface area (Å²) in [6, 6.07) is 8.75. The number of halogens is 4. The lowest BCUT2D eigenvalue weighted by molar-refractivity contribution is -0.137. The summed E-state index contributed by atoms with van der Waals surface area (Å²) < 4.78 is 52.1. The molecule has 1 heterocycles. The van der Waals surface area contributed by atoms with E-state index in [0.717, 1.165) is 23.5 Å². The molecule has 0 aliphatic heterocycles. The third-order valence-electron chi connectivity index (χ3n) is 3.58. The maximum Gasteiger partial charge on any atom is 0.416 e. The molecule has 2 nitrogen and oxygen atoms in total. The Bertz CT molecular complexity index is 913. The average Bonchev–Trinajstić information content (AvgIpc) is 2.85. The Hall–Kier alpha value is -2.41. The smallest absolute Gasteiger partial charge is 0.321 e. The number of fused-ring (bicyclic) bond motifs is 1. The van der Waals surface area contributed by atoms with Crippen molar-refractivity contribution in [1.29, 1.82) is 0 Å². The lowest BCUT2D eigenvalue weighted by Gasteiger charge is -2.08. The van der Waals surface area contributed by atoms with E-state index in [1.54, 1.807) is 19.1 Å². The SMILES string of the molecule is Cc1c(C(=O)Nc2ccc(C(F)(F)F)cc2)sc2cccc(F)c12. The predicted molar refractivity (Wildman–Crippen MR) is 85.9 cm³/mol. The minimum atomic E-state index is -4.43. The molecule has 7 heteroatoms. The highest BCUT2D eigenvalue weighted by atomic mass is 32.1. The van der Waals surface area contributed by atoms with Gasteiger partial charge in [-0.1, -0.05) is 6.07 Å². The van der Waals surface area contributed by atoms with Crippen LogP contribution in [0.3, 0.4) is 0 Å². The second-order valence-electron chi connectivity index (χ2n) is 5.20. The second-order valence-corrected chi connectivity index (χ2v) is 6.25. The first-order valence-corrected chi connectivity index (χ1v) is 7.75. The number of nitrogens with one attached hydrogen (secondary N) is 1. The second kappa shape index (κ2) is 5.90. The van der Waals surface area contributed by atoms with Crippen LogP contribution in [0.1, 0.15) is 20.8 Å². The number of alkyl halides is 3. The number of carbonyl (C=O) groups excluding carboxylic acids is 1. The largest absolute Gasteiger partial charge is 0.416 e. The van der Waals surface area contributed by atoms with Crippen molar-refractivity contribution in [3.05, 3.63) is 64.3 Å². The van der Waals surface area contributed by atoms with E-state index in [2.05, 4.69) is 5.32 Å². The minimum Gasteiger partial charge on any atom is -0.321 e. The van der Waals surface area contributed by atoms with Crippen LogP contribution >= 0.6 is 11.3 Å². The number of thiophene rings is 1. The van der Waals surface area contributed by atoms with Crippen molar-refractivity contribution in [2.24, 2.45) is 0 Å². The molecule has 0 atom stereocenters. The molecule has 2 aromatic carbocycles. The van der Waals surface area contributed by atoms with Gasteiger partial charge in [-0.2, -0.15) is 13.2 Å². The minimum absolute atomic E-state index is 0.241. The van der Waals surface area contributed by atoms with Gasteiger partial charge in [-0.3, -0.25) is 4.79 Å². The van der Waals surface area contributed by atoms with Gasteiger partial charge in [0, 0.05) is 15.8 Å². The third-order valence-corrected chi connectivity index (χ3v) is 4.84. The Morgan fingerprint density at radius 2 is 1.75 bits per heavy atom. The number of benzene rings is 2. The van der Waals surface area contributed by atoms with E-state index in [9.17, 15) is 22.4 Å². The number of rotatable bonds is 2. The van der Waals surface area contributed by atoms with Gasteiger partial charge in [0.05, 0.1) is 10.4 Å². The van der Waals surface area contributed by atoms with Crippen LogP contribution in [-0.4, -0.2) is 5.91 Å². The van der Waals surface area contributed by atoms with Gasteiger partial charge in [0.15, 0.2) is 0 Å². The van der Waals surface area contributed by atoms with Gasteiger partial charge in [-0.25, -0.2) is 4.39 Å². The molecular formula is C17H11F4NOS. The van der Waals surface area contributed by atoms with Gasteiger partial charge in [-0.05, 0) is 48.9 Å². The third kappa shape index (κ3) is 2.99. The molecule has 1 amide bonds. The number of carbonyl (C=O) groups is 1. The van der Waals surface area contributed by atoms with Crippen LogP contribution in [0.5, 0.6) is 0 Å². The molecule has 0 aliphatic rings. The molecule has 3 aromatic rings. The zero-order chi connectivity index (χ0) is 17.5. The van der Waals surface area contributed by atoms with Crippen molar-refractivity contribution in [2.45, 2.75) is 13.1 Å². The highest BCUT2D eigenvalue weighted by Crippen LogP contribution is 2.33. The lowest BCUT2D eigenvalue weighted by Crippen LogP contribution is -2.12. The van der Waals surface area contributed by atoms with Crippen LogP contribution in [0.25, 0.3) is 10.1 Å². The first kappa shape index (κ1) is 16.4. The maximum absolute atomic E-state index is 13.9. The lowest BCUT2D eigenvalue weighted by atomic mass is 10.1. The molecule has 0 fully saturated rings. The van der Waals surface area contributed by atoms with Crippen molar-refractivity contribution in [3.8, 4) is 0 Å². The van der Waals surface area contributed by atoms with Crippen LogP contribution in [-0.2, 0) is 6.18 Å². The van der Waals surface area contributed by atoms with Gasteiger partial charge in [0.1, 0.15) is 5.82 Å². The summed E-state index contributed by atoms with van der Waals surface area (Å²) in [5, 5.41) is 2.93. The summed E-state index contributed by atoms with van der Waals surface area (Å²) in [6.07, 6.45) is -4.43. The van der Waals surface area contributed by atoms with Gasteiger partial charge in [-0.15, -0.1) is 11.3 Å². The molecular weight excluding hydrogens is 342 g/mol. The zero-order valence-electron chi connectivity index (χ0n) is 12.4. The Kier molecular flexibility index (Phi) is 4.04. The van der Waals surface area contributed by atoms with E-state index >= 15 is 0 Å². The van der Waals surface area contributed by atoms with Gasteiger partial charge >= 0.3 is 6.18 Å². The van der Waals surface area contributed by atoms with Crippen molar-refractivity contribution < 1.29 is 22.4 Å². The summed E-state index contributed by atoms with van der Waals surface area (Å²) in [5.74, 6) is -0.886.